The molecule has 1 fully saturated rings. The van der Waals surface area contributed by atoms with Crippen molar-refractivity contribution in [2.24, 2.45) is 0 Å². The maximum atomic E-state index is 12.4. The lowest BCUT2D eigenvalue weighted by atomic mass is 9.90. The number of amides is 1. The summed E-state index contributed by atoms with van der Waals surface area (Å²) in [6.07, 6.45) is 1.27. The van der Waals surface area contributed by atoms with Crippen LogP contribution in [0.2, 0.25) is 0 Å². The van der Waals surface area contributed by atoms with Crippen LogP contribution in [0.15, 0.2) is 22.7 Å². The predicted molar refractivity (Wildman–Crippen MR) is 84.2 cm³/mol. The van der Waals surface area contributed by atoms with Crippen molar-refractivity contribution in [3.8, 4) is 0 Å². The molecule has 1 saturated heterocycles. The molecule has 0 radical (unpaired) electrons. The van der Waals surface area contributed by atoms with E-state index in [1.807, 2.05) is 18.2 Å². The summed E-state index contributed by atoms with van der Waals surface area (Å²) in [4.78, 5) is 12.4. The molecule has 0 saturated carbocycles. The number of ether oxygens (including phenoxy) is 1. The van der Waals surface area contributed by atoms with Gasteiger partial charge in [0.15, 0.2) is 0 Å². The van der Waals surface area contributed by atoms with E-state index in [4.69, 9.17) is 4.74 Å². The van der Waals surface area contributed by atoms with E-state index in [-0.39, 0.29) is 12.5 Å². The third-order valence-electron chi connectivity index (χ3n) is 3.30. The maximum Gasteiger partial charge on any atom is 0.252 e. The number of aliphatic hydroxyl groups excluding tert-OH is 1. The van der Waals surface area contributed by atoms with Crippen LogP contribution in [0, 0.1) is 3.57 Å². The van der Waals surface area contributed by atoms with Gasteiger partial charge in [0.05, 0.1) is 17.7 Å². The van der Waals surface area contributed by atoms with Crippen molar-refractivity contribution in [2.75, 3.05) is 19.8 Å². The van der Waals surface area contributed by atoms with E-state index in [1.54, 1.807) is 0 Å². The van der Waals surface area contributed by atoms with Gasteiger partial charge in [-0.25, -0.2) is 0 Å². The highest BCUT2D eigenvalue weighted by molar-refractivity contribution is 14.1. The minimum Gasteiger partial charge on any atom is -0.394 e. The molecule has 0 bridgehead atoms. The summed E-state index contributed by atoms with van der Waals surface area (Å²) in [7, 11) is 0. The molecule has 4 nitrogen and oxygen atoms in total. The van der Waals surface area contributed by atoms with Crippen LogP contribution < -0.4 is 5.32 Å². The quantitative estimate of drug-likeness (QED) is 0.710. The molecule has 1 aromatic rings. The largest absolute Gasteiger partial charge is 0.394 e. The van der Waals surface area contributed by atoms with E-state index < -0.39 is 5.54 Å². The van der Waals surface area contributed by atoms with Crippen molar-refractivity contribution in [2.45, 2.75) is 18.4 Å². The number of nitrogens with one attached hydrogen (secondary N) is 1. The first kappa shape index (κ1) is 15.2. The first-order valence-corrected chi connectivity index (χ1v) is 7.90. The zero-order valence-electron chi connectivity index (χ0n) is 10.3. The number of carbonyl (C=O) groups excluding carboxylic acids is 1. The second-order valence-electron chi connectivity index (χ2n) is 4.63. The van der Waals surface area contributed by atoms with Gasteiger partial charge in [0.2, 0.25) is 0 Å². The molecular formula is C13H15BrINO3. The number of carbonyl (C=O) groups is 1. The molecule has 0 aliphatic carbocycles. The smallest absolute Gasteiger partial charge is 0.252 e. The second-order valence-corrected chi connectivity index (χ2v) is 6.73. The van der Waals surface area contributed by atoms with Crippen molar-refractivity contribution >= 4 is 44.4 Å². The van der Waals surface area contributed by atoms with Gasteiger partial charge in [-0.2, -0.15) is 0 Å². The second kappa shape index (κ2) is 6.51. The normalized spacial score (nSPS) is 18.1. The van der Waals surface area contributed by atoms with E-state index in [9.17, 15) is 9.90 Å². The number of hydrogen-bond acceptors (Lipinski definition) is 3. The molecule has 1 aromatic carbocycles. The number of aliphatic hydroxyl groups is 1. The molecule has 1 aliphatic rings. The zero-order chi connectivity index (χ0) is 13.9. The van der Waals surface area contributed by atoms with Crippen LogP contribution in [0.25, 0.3) is 0 Å². The molecule has 1 amide bonds. The summed E-state index contributed by atoms with van der Waals surface area (Å²) in [5, 5.41) is 12.5. The standard InChI is InChI=1S/C13H15BrINO3/c14-11-2-1-9(15)7-10(11)12(18)16-13(8-17)3-5-19-6-4-13/h1-2,7,17H,3-6,8H2,(H,16,18). The maximum absolute atomic E-state index is 12.4. The Labute approximate surface area is 134 Å². The number of rotatable bonds is 3. The van der Waals surface area contributed by atoms with Crippen molar-refractivity contribution in [1.82, 2.24) is 5.32 Å². The lowest BCUT2D eigenvalue weighted by Crippen LogP contribution is -2.54. The van der Waals surface area contributed by atoms with E-state index in [0.717, 1.165) is 8.04 Å². The third kappa shape index (κ3) is 3.68. The molecule has 2 N–H and O–H groups in total. The Kier molecular flexibility index (Phi) is 5.22. The van der Waals surface area contributed by atoms with Crippen molar-refractivity contribution < 1.29 is 14.6 Å². The van der Waals surface area contributed by atoms with Gasteiger partial charge in [0, 0.05) is 21.3 Å². The summed E-state index contributed by atoms with van der Waals surface area (Å²) in [5.41, 5.74) is 0.0296. The van der Waals surface area contributed by atoms with E-state index in [2.05, 4.69) is 43.8 Å². The highest BCUT2D eigenvalue weighted by atomic mass is 127. The fraction of sp³-hybridized carbons (Fsp3) is 0.462. The molecule has 6 heteroatoms. The van der Waals surface area contributed by atoms with Crippen LogP contribution in [0.5, 0.6) is 0 Å². The summed E-state index contributed by atoms with van der Waals surface area (Å²) in [5.74, 6) is -0.165. The van der Waals surface area contributed by atoms with Gasteiger partial charge in [0.1, 0.15) is 0 Å². The van der Waals surface area contributed by atoms with Gasteiger partial charge in [-0.05, 0) is 69.6 Å². The molecule has 1 heterocycles. The third-order valence-corrected chi connectivity index (χ3v) is 4.67. The molecule has 0 spiro atoms. The monoisotopic (exact) mass is 439 g/mol. The fourth-order valence-corrected chi connectivity index (χ4v) is 2.98. The van der Waals surface area contributed by atoms with Crippen molar-refractivity contribution in [1.29, 1.82) is 0 Å². The van der Waals surface area contributed by atoms with E-state index in [0.29, 0.717) is 31.6 Å². The van der Waals surface area contributed by atoms with Crippen LogP contribution in [-0.2, 0) is 4.74 Å². The van der Waals surface area contributed by atoms with Crippen LogP contribution in [0.3, 0.4) is 0 Å². The Hall–Kier alpha value is -0.180. The van der Waals surface area contributed by atoms with E-state index >= 15 is 0 Å². The Morgan fingerprint density at radius 1 is 1.47 bits per heavy atom. The summed E-state index contributed by atoms with van der Waals surface area (Å²) in [6.45, 7) is 1.06. The molecule has 0 aromatic heterocycles. The van der Waals surface area contributed by atoms with Gasteiger partial charge in [-0.3, -0.25) is 4.79 Å². The Morgan fingerprint density at radius 3 is 2.79 bits per heavy atom. The van der Waals surface area contributed by atoms with Gasteiger partial charge in [-0.15, -0.1) is 0 Å². The average molecular weight is 440 g/mol. The van der Waals surface area contributed by atoms with Crippen LogP contribution in [0.4, 0.5) is 0 Å². The minimum absolute atomic E-state index is 0.0658. The first-order chi connectivity index (χ1) is 9.06. The zero-order valence-corrected chi connectivity index (χ0v) is 14.0. The van der Waals surface area contributed by atoms with E-state index in [1.165, 1.54) is 0 Å². The van der Waals surface area contributed by atoms with Gasteiger partial charge < -0.3 is 15.2 Å². The van der Waals surface area contributed by atoms with Crippen LogP contribution in [-0.4, -0.2) is 36.4 Å². The molecule has 104 valence electrons. The molecular weight excluding hydrogens is 425 g/mol. The fourth-order valence-electron chi connectivity index (χ4n) is 2.06. The number of halogens is 2. The van der Waals surface area contributed by atoms with Gasteiger partial charge in [0.25, 0.3) is 5.91 Å². The van der Waals surface area contributed by atoms with Crippen LogP contribution in [0.1, 0.15) is 23.2 Å². The Bertz CT molecular complexity index is 475. The van der Waals surface area contributed by atoms with Crippen molar-refractivity contribution in [3.05, 3.63) is 31.8 Å². The highest BCUT2D eigenvalue weighted by Gasteiger charge is 2.34. The summed E-state index contributed by atoms with van der Waals surface area (Å²) in [6, 6.07) is 5.61. The molecule has 2 rings (SSSR count). The topological polar surface area (TPSA) is 58.6 Å². The van der Waals surface area contributed by atoms with Gasteiger partial charge in [-0.1, -0.05) is 0 Å². The molecule has 0 unspecified atom stereocenters. The van der Waals surface area contributed by atoms with Gasteiger partial charge >= 0.3 is 0 Å². The molecule has 1 aliphatic heterocycles. The lowest BCUT2D eigenvalue weighted by molar-refractivity contribution is 0.0125. The van der Waals surface area contributed by atoms with Crippen molar-refractivity contribution in [3.63, 3.8) is 0 Å². The van der Waals surface area contributed by atoms with Crippen LogP contribution >= 0.6 is 38.5 Å². The minimum atomic E-state index is -0.559. The number of hydrogen-bond donors (Lipinski definition) is 2. The average Bonchev–Trinajstić information content (AvgIpc) is 2.42. The molecule has 0 atom stereocenters. The predicted octanol–water partition coefficient (Wildman–Crippen LogP) is 2.33. The Balaban J connectivity index is 2.17. The Morgan fingerprint density at radius 2 is 2.16 bits per heavy atom. The highest BCUT2D eigenvalue weighted by Crippen LogP contribution is 2.24. The lowest BCUT2D eigenvalue weighted by Gasteiger charge is -2.36. The molecule has 19 heavy (non-hydrogen) atoms. The summed E-state index contributed by atoms with van der Waals surface area (Å²) >= 11 is 5.55. The summed E-state index contributed by atoms with van der Waals surface area (Å²) < 4.78 is 7.04. The first-order valence-electron chi connectivity index (χ1n) is 6.02. The SMILES string of the molecule is O=C(NC1(CO)CCOCC1)c1cc(I)ccc1Br. The number of benzene rings is 1.